The van der Waals surface area contributed by atoms with Gasteiger partial charge < -0.3 is 5.11 Å². The molecule has 0 saturated carbocycles. The highest BCUT2D eigenvalue weighted by Crippen LogP contribution is 2.45. The maximum Gasteiger partial charge on any atom is 0.433 e. The molecule has 1 aromatic heterocycles. The zero-order valence-corrected chi connectivity index (χ0v) is 16.2. The first-order chi connectivity index (χ1) is 14.5. The molecule has 10 heteroatoms. The van der Waals surface area contributed by atoms with E-state index in [0.29, 0.717) is 0 Å². The van der Waals surface area contributed by atoms with Gasteiger partial charge in [0.1, 0.15) is 11.5 Å². The van der Waals surface area contributed by atoms with Crippen LogP contribution in [0.4, 0.5) is 30.7 Å². The molecule has 2 nitrogen and oxygen atoms in total. The van der Waals surface area contributed by atoms with Gasteiger partial charge in [-0.25, -0.2) is 22.5 Å². The molecular weight excluding hydrogens is 451 g/mol. The third-order valence-corrected chi connectivity index (χ3v) is 4.80. The summed E-state index contributed by atoms with van der Waals surface area (Å²) in [6, 6.07) is 8.73. The zero-order valence-electron chi connectivity index (χ0n) is 15.4. The third kappa shape index (κ3) is 4.67. The van der Waals surface area contributed by atoms with Gasteiger partial charge in [0.25, 0.3) is 6.43 Å². The largest absolute Gasteiger partial charge is 0.433 e. The van der Waals surface area contributed by atoms with Crippen molar-refractivity contribution >= 4 is 11.6 Å². The predicted molar refractivity (Wildman–Crippen MR) is 99.9 cm³/mol. The number of alkyl halides is 6. The summed E-state index contributed by atoms with van der Waals surface area (Å²) in [6.45, 7) is -1.27. The highest BCUT2D eigenvalue weighted by atomic mass is 35.5. The van der Waals surface area contributed by atoms with Crippen LogP contribution in [0, 0.1) is 5.82 Å². The molecular formula is C21H13ClF7NO. The summed E-state index contributed by atoms with van der Waals surface area (Å²) in [6.07, 6.45) is -11.1. The highest BCUT2D eigenvalue weighted by Gasteiger charge is 2.40. The Bertz CT molecular complexity index is 1070. The quantitative estimate of drug-likeness (QED) is 0.411. The first-order valence-corrected chi connectivity index (χ1v) is 9.10. The summed E-state index contributed by atoms with van der Waals surface area (Å²) >= 11 is 5.76. The van der Waals surface area contributed by atoms with E-state index in [2.05, 4.69) is 4.98 Å². The van der Waals surface area contributed by atoms with Crippen LogP contribution in [0.2, 0.25) is 5.02 Å². The molecule has 0 amide bonds. The smallest absolute Gasteiger partial charge is 0.392 e. The van der Waals surface area contributed by atoms with E-state index < -0.39 is 59.3 Å². The average Bonchev–Trinajstić information content (AvgIpc) is 2.72. The van der Waals surface area contributed by atoms with E-state index in [1.807, 2.05) is 0 Å². The van der Waals surface area contributed by atoms with Crippen molar-refractivity contribution in [2.24, 2.45) is 0 Å². The maximum atomic E-state index is 15.5. The van der Waals surface area contributed by atoms with Crippen LogP contribution >= 0.6 is 11.6 Å². The molecule has 0 bridgehead atoms. The van der Waals surface area contributed by atoms with E-state index in [1.165, 1.54) is 24.3 Å². The van der Waals surface area contributed by atoms with Gasteiger partial charge in [-0.05, 0) is 41.0 Å². The number of nitrogens with zero attached hydrogens (tertiary/aromatic N) is 1. The highest BCUT2D eigenvalue weighted by molar-refractivity contribution is 6.30. The van der Waals surface area contributed by atoms with E-state index in [-0.39, 0.29) is 16.1 Å². The van der Waals surface area contributed by atoms with E-state index in [0.717, 1.165) is 24.3 Å². The van der Waals surface area contributed by atoms with Gasteiger partial charge in [0.15, 0.2) is 11.9 Å². The number of aliphatic hydroxyl groups is 1. The fraction of sp³-hybridized carbons (Fsp3) is 0.190. The van der Waals surface area contributed by atoms with Crippen LogP contribution in [0.15, 0.2) is 48.5 Å². The number of aromatic nitrogens is 1. The fourth-order valence-corrected chi connectivity index (χ4v) is 3.34. The number of pyridine rings is 1. The Morgan fingerprint density at radius 3 is 2.00 bits per heavy atom. The molecule has 0 radical (unpaired) electrons. The fourth-order valence-electron chi connectivity index (χ4n) is 3.21. The normalized spacial score (nSPS) is 13.0. The topological polar surface area (TPSA) is 33.1 Å². The lowest BCUT2D eigenvalue weighted by Gasteiger charge is -2.24. The van der Waals surface area contributed by atoms with Crippen molar-refractivity contribution in [2.75, 3.05) is 0 Å². The summed E-state index contributed by atoms with van der Waals surface area (Å²) in [7, 11) is 0. The van der Waals surface area contributed by atoms with Gasteiger partial charge in [-0.2, -0.15) is 13.2 Å². The second kappa shape index (κ2) is 8.84. The van der Waals surface area contributed by atoms with E-state index in [4.69, 9.17) is 11.6 Å². The van der Waals surface area contributed by atoms with Crippen LogP contribution in [-0.4, -0.2) is 10.1 Å². The third-order valence-electron chi connectivity index (χ3n) is 4.55. The molecule has 1 heterocycles. The molecule has 2 aromatic carbocycles. The van der Waals surface area contributed by atoms with Crippen molar-refractivity contribution in [3.63, 3.8) is 0 Å². The Labute approximate surface area is 176 Å². The predicted octanol–water partition coefficient (Wildman–Crippen LogP) is 7.05. The Hall–Kier alpha value is -2.65. The van der Waals surface area contributed by atoms with Crippen molar-refractivity contribution in [2.45, 2.75) is 25.4 Å². The molecule has 0 aliphatic carbocycles. The maximum absolute atomic E-state index is 15.5. The molecule has 1 atom stereocenters. The van der Waals surface area contributed by atoms with Gasteiger partial charge in [-0.1, -0.05) is 35.9 Å². The van der Waals surface area contributed by atoms with E-state index >= 15 is 4.39 Å². The Morgan fingerprint density at radius 1 is 0.935 bits per heavy atom. The van der Waals surface area contributed by atoms with Gasteiger partial charge in [-0.3, -0.25) is 0 Å². The number of halogens is 8. The number of hydrogen-bond acceptors (Lipinski definition) is 2. The van der Waals surface area contributed by atoms with Gasteiger partial charge in [0, 0.05) is 16.1 Å². The first-order valence-electron chi connectivity index (χ1n) is 8.73. The standard InChI is InChI=1S/C21H13ClF7NO/c22-12-5-1-11(2-6-12)17(24)16-15(10-3-7-13(23)8-4-10)14(9-31)19(21(27,28)29)30-18(16)20(25)26/h1-8,17,20,31H,9H2. The Kier molecular flexibility index (Phi) is 6.56. The van der Waals surface area contributed by atoms with Crippen LogP contribution in [0.5, 0.6) is 0 Å². The van der Waals surface area contributed by atoms with Crippen molar-refractivity contribution in [3.05, 3.63) is 87.4 Å². The van der Waals surface area contributed by atoms with Crippen molar-refractivity contribution in [1.29, 1.82) is 0 Å². The number of rotatable bonds is 5. The molecule has 3 rings (SSSR count). The summed E-state index contributed by atoms with van der Waals surface area (Å²) in [5, 5.41) is 9.91. The number of hydrogen-bond donors (Lipinski definition) is 1. The summed E-state index contributed by atoms with van der Waals surface area (Å²) in [5.74, 6) is -0.746. The van der Waals surface area contributed by atoms with Gasteiger partial charge in [0.2, 0.25) is 0 Å². The van der Waals surface area contributed by atoms with Gasteiger partial charge >= 0.3 is 6.18 Å². The molecule has 0 aliphatic rings. The molecule has 31 heavy (non-hydrogen) atoms. The first kappa shape index (κ1) is 23.0. The summed E-state index contributed by atoms with van der Waals surface area (Å²) in [5.41, 5.74) is -5.91. The zero-order chi connectivity index (χ0) is 22.9. The average molecular weight is 464 g/mol. The van der Waals surface area contributed by atoms with Crippen molar-refractivity contribution in [1.82, 2.24) is 4.98 Å². The number of benzene rings is 2. The summed E-state index contributed by atoms with van der Waals surface area (Å²) < 4.78 is 97.1. The molecule has 1 unspecified atom stereocenters. The molecule has 1 N–H and O–H groups in total. The van der Waals surface area contributed by atoms with Crippen LogP contribution < -0.4 is 0 Å². The molecule has 3 aromatic rings. The monoisotopic (exact) mass is 463 g/mol. The molecule has 164 valence electrons. The second-order valence-electron chi connectivity index (χ2n) is 6.49. The van der Waals surface area contributed by atoms with E-state index in [9.17, 15) is 31.4 Å². The molecule has 0 fully saturated rings. The molecule has 0 spiro atoms. The second-order valence-corrected chi connectivity index (χ2v) is 6.93. The molecule has 0 saturated heterocycles. The number of aliphatic hydroxyl groups excluding tert-OH is 1. The molecule has 0 aliphatic heterocycles. The van der Waals surface area contributed by atoms with Crippen molar-refractivity contribution in [3.8, 4) is 11.1 Å². The minimum atomic E-state index is -5.21. The Morgan fingerprint density at radius 2 is 1.52 bits per heavy atom. The lowest BCUT2D eigenvalue weighted by atomic mass is 9.88. The Balaban J connectivity index is 2.43. The van der Waals surface area contributed by atoms with Crippen LogP contribution in [0.1, 0.15) is 40.7 Å². The minimum absolute atomic E-state index is 0.167. The van der Waals surface area contributed by atoms with Gasteiger partial charge in [-0.15, -0.1) is 0 Å². The summed E-state index contributed by atoms with van der Waals surface area (Å²) in [4.78, 5) is 3.01. The minimum Gasteiger partial charge on any atom is -0.392 e. The van der Waals surface area contributed by atoms with E-state index in [1.54, 1.807) is 0 Å². The lowest BCUT2D eigenvalue weighted by molar-refractivity contribution is -0.142. The van der Waals surface area contributed by atoms with Gasteiger partial charge in [0.05, 0.1) is 6.61 Å². The van der Waals surface area contributed by atoms with Crippen LogP contribution in [0.3, 0.4) is 0 Å². The van der Waals surface area contributed by atoms with Crippen molar-refractivity contribution < 1.29 is 35.8 Å². The SMILES string of the molecule is OCc1c(C(F)(F)F)nc(C(F)F)c(C(F)c2ccc(Cl)cc2)c1-c1ccc(F)cc1. The van der Waals surface area contributed by atoms with Crippen LogP contribution in [-0.2, 0) is 12.8 Å². The van der Waals surface area contributed by atoms with Crippen LogP contribution in [0.25, 0.3) is 11.1 Å². The lowest BCUT2D eigenvalue weighted by Crippen LogP contribution is -2.19.